The van der Waals surface area contributed by atoms with Crippen LogP contribution in [0, 0.1) is 29.6 Å². The summed E-state index contributed by atoms with van der Waals surface area (Å²) in [5, 5.41) is 4.06. The standard InChI is InChI=1S/C17H29N/c1-2-3-11-4-8-14(9-5-11)18-17-15-12-6-7-13(10-12)16(15)17/h11-18H,2-10H2,1H3. The molecule has 1 heteroatoms. The third kappa shape index (κ3) is 1.85. The highest BCUT2D eigenvalue weighted by molar-refractivity contribution is 5.17. The molecule has 4 unspecified atom stereocenters. The molecule has 102 valence electrons. The molecule has 4 aliphatic carbocycles. The van der Waals surface area contributed by atoms with Crippen molar-refractivity contribution in [2.24, 2.45) is 29.6 Å². The van der Waals surface area contributed by atoms with Crippen molar-refractivity contribution in [1.82, 2.24) is 5.32 Å². The predicted octanol–water partition coefficient (Wildman–Crippen LogP) is 3.98. The highest BCUT2D eigenvalue weighted by Crippen LogP contribution is 2.65. The van der Waals surface area contributed by atoms with E-state index in [2.05, 4.69) is 12.2 Å². The largest absolute Gasteiger partial charge is 0.311 e. The third-order valence-electron chi connectivity index (χ3n) is 6.71. The lowest BCUT2D eigenvalue weighted by Gasteiger charge is -2.30. The molecule has 2 bridgehead atoms. The Balaban J connectivity index is 1.26. The second kappa shape index (κ2) is 4.51. The molecular formula is C17H29N. The van der Waals surface area contributed by atoms with Crippen LogP contribution in [-0.2, 0) is 0 Å². The van der Waals surface area contributed by atoms with Crippen LogP contribution < -0.4 is 5.32 Å². The highest BCUT2D eigenvalue weighted by atomic mass is 15.0. The van der Waals surface area contributed by atoms with E-state index in [-0.39, 0.29) is 0 Å². The van der Waals surface area contributed by atoms with Gasteiger partial charge >= 0.3 is 0 Å². The summed E-state index contributed by atoms with van der Waals surface area (Å²) in [6, 6.07) is 1.84. The Morgan fingerprint density at radius 1 is 0.889 bits per heavy atom. The van der Waals surface area contributed by atoms with Gasteiger partial charge in [-0.05, 0) is 74.5 Å². The maximum absolute atomic E-state index is 4.06. The van der Waals surface area contributed by atoms with E-state index < -0.39 is 0 Å². The molecule has 0 aromatic carbocycles. The zero-order chi connectivity index (χ0) is 12.1. The topological polar surface area (TPSA) is 12.0 Å². The molecule has 0 heterocycles. The first kappa shape index (κ1) is 11.8. The normalized spacial score (nSPS) is 53.5. The van der Waals surface area contributed by atoms with Crippen LogP contribution >= 0.6 is 0 Å². The minimum Gasteiger partial charge on any atom is -0.311 e. The van der Waals surface area contributed by atoms with Gasteiger partial charge in [0.2, 0.25) is 0 Å². The van der Waals surface area contributed by atoms with Gasteiger partial charge in [0.15, 0.2) is 0 Å². The fraction of sp³-hybridized carbons (Fsp3) is 1.00. The molecule has 4 saturated carbocycles. The molecule has 0 aromatic heterocycles. The van der Waals surface area contributed by atoms with Crippen LogP contribution in [0.4, 0.5) is 0 Å². The van der Waals surface area contributed by atoms with E-state index in [4.69, 9.17) is 0 Å². The molecule has 0 aromatic rings. The van der Waals surface area contributed by atoms with Crippen LogP contribution in [0.25, 0.3) is 0 Å². The lowest BCUT2D eigenvalue weighted by molar-refractivity contribution is 0.267. The Hall–Kier alpha value is -0.0400. The molecule has 4 rings (SSSR count). The van der Waals surface area contributed by atoms with Crippen molar-refractivity contribution in [3.8, 4) is 0 Å². The van der Waals surface area contributed by atoms with Crippen molar-refractivity contribution in [1.29, 1.82) is 0 Å². The van der Waals surface area contributed by atoms with Crippen molar-refractivity contribution < 1.29 is 0 Å². The summed E-state index contributed by atoms with van der Waals surface area (Å²) in [4.78, 5) is 0. The SMILES string of the molecule is CCCC1CCC(NC2C3C4CCC(C4)C23)CC1. The van der Waals surface area contributed by atoms with Crippen LogP contribution in [0.5, 0.6) is 0 Å². The third-order valence-corrected chi connectivity index (χ3v) is 6.71. The van der Waals surface area contributed by atoms with Crippen molar-refractivity contribution in [2.45, 2.75) is 76.8 Å². The molecular weight excluding hydrogens is 218 g/mol. The number of hydrogen-bond acceptors (Lipinski definition) is 1. The monoisotopic (exact) mass is 247 g/mol. The Morgan fingerprint density at radius 2 is 1.56 bits per heavy atom. The number of nitrogens with one attached hydrogen (secondary N) is 1. The molecule has 0 spiro atoms. The molecule has 1 N–H and O–H groups in total. The van der Waals surface area contributed by atoms with E-state index >= 15 is 0 Å². The van der Waals surface area contributed by atoms with Gasteiger partial charge in [-0.25, -0.2) is 0 Å². The first-order chi connectivity index (χ1) is 8.86. The fourth-order valence-corrected chi connectivity index (χ4v) is 5.85. The van der Waals surface area contributed by atoms with Crippen LogP contribution in [0.1, 0.15) is 64.7 Å². The minimum absolute atomic E-state index is 0.883. The van der Waals surface area contributed by atoms with Gasteiger partial charge in [-0.2, -0.15) is 0 Å². The number of hydrogen-bond donors (Lipinski definition) is 1. The average Bonchev–Trinajstić information content (AvgIpc) is 2.80. The van der Waals surface area contributed by atoms with Crippen LogP contribution in [0.3, 0.4) is 0 Å². The summed E-state index contributed by atoms with van der Waals surface area (Å²) in [6.45, 7) is 2.34. The van der Waals surface area contributed by atoms with E-state index in [0.29, 0.717) is 0 Å². The zero-order valence-electron chi connectivity index (χ0n) is 11.9. The Morgan fingerprint density at radius 3 is 2.17 bits per heavy atom. The summed E-state index contributed by atoms with van der Waals surface area (Å²) >= 11 is 0. The van der Waals surface area contributed by atoms with Gasteiger partial charge in [-0.1, -0.05) is 19.8 Å². The van der Waals surface area contributed by atoms with Crippen LogP contribution in [0.15, 0.2) is 0 Å². The quantitative estimate of drug-likeness (QED) is 0.792. The lowest BCUT2D eigenvalue weighted by Crippen LogP contribution is -2.37. The number of rotatable bonds is 4. The van der Waals surface area contributed by atoms with Gasteiger partial charge in [-0.15, -0.1) is 0 Å². The van der Waals surface area contributed by atoms with E-state index in [9.17, 15) is 0 Å². The second-order valence-electron chi connectivity index (χ2n) is 7.69. The first-order valence-electron chi connectivity index (χ1n) is 8.63. The molecule has 4 atom stereocenters. The fourth-order valence-electron chi connectivity index (χ4n) is 5.85. The molecule has 0 saturated heterocycles. The van der Waals surface area contributed by atoms with Gasteiger partial charge in [0.1, 0.15) is 0 Å². The summed E-state index contributed by atoms with van der Waals surface area (Å²) in [5.74, 6) is 5.57. The van der Waals surface area contributed by atoms with E-state index in [1.54, 1.807) is 19.3 Å². The smallest absolute Gasteiger partial charge is 0.0138 e. The maximum atomic E-state index is 4.06. The van der Waals surface area contributed by atoms with Gasteiger partial charge in [0, 0.05) is 12.1 Å². The minimum atomic E-state index is 0.883. The van der Waals surface area contributed by atoms with E-state index in [1.165, 1.54) is 38.5 Å². The summed E-state index contributed by atoms with van der Waals surface area (Å²) < 4.78 is 0. The molecule has 4 aliphatic rings. The van der Waals surface area contributed by atoms with Crippen LogP contribution in [0.2, 0.25) is 0 Å². The van der Waals surface area contributed by atoms with E-state index in [0.717, 1.165) is 41.7 Å². The van der Waals surface area contributed by atoms with Gasteiger partial charge in [0.05, 0.1) is 0 Å². The predicted molar refractivity (Wildman–Crippen MR) is 75.4 cm³/mol. The van der Waals surface area contributed by atoms with Gasteiger partial charge < -0.3 is 5.32 Å². The van der Waals surface area contributed by atoms with Crippen molar-refractivity contribution >= 4 is 0 Å². The van der Waals surface area contributed by atoms with Crippen LogP contribution in [-0.4, -0.2) is 12.1 Å². The molecule has 0 aliphatic heterocycles. The van der Waals surface area contributed by atoms with Crippen molar-refractivity contribution in [2.75, 3.05) is 0 Å². The van der Waals surface area contributed by atoms with Gasteiger partial charge in [0.25, 0.3) is 0 Å². The zero-order valence-corrected chi connectivity index (χ0v) is 11.9. The average molecular weight is 247 g/mol. The maximum Gasteiger partial charge on any atom is 0.0138 e. The molecule has 4 fully saturated rings. The first-order valence-corrected chi connectivity index (χ1v) is 8.63. The summed E-state index contributed by atoms with van der Waals surface area (Å²) in [5.41, 5.74) is 0. The lowest BCUT2D eigenvalue weighted by atomic mass is 9.83. The Kier molecular flexibility index (Phi) is 2.94. The Bertz CT molecular complexity index is 289. The van der Waals surface area contributed by atoms with E-state index in [1.807, 2.05) is 0 Å². The summed E-state index contributed by atoms with van der Waals surface area (Å²) in [6.07, 6.45) is 13.5. The number of fused-ring (bicyclic) bond motifs is 5. The summed E-state index contributed by atoms with van der Waals surface area (Å²) in [7, 11) is 0. The molecule has 0 amide bonds. The Labute approximate surface area is 112 Å². The molecule has 18 heavy (non-hydrogen) atoms. The van der Waals surface area contributed by atoms with Crippen molar-refractivity contribution in [3.05, 3.63) is 0 Å². The molecule has 0 radical (unpaired) electrons. The van der Waals surface area contributed by atoms with Crippen molar-refractivity contribution in [3.63, 3.8) is 0 Å². The highest BCUT2D eigenvalue weighted by Gasteiger charge is 2.64. The second-order valence-corrected chi connectivity index (χ2v) is 7.69. The van der Waals surface area contributed by atoms with Gasteiger partial charge in [-0.3, -0.25) is 0 Å². The molecule has 1 nitrogen and oxygen atoms in total.